The Hall–Kier alpha value is -1.31. The van der Waals surface area contributed by atoms with Gasteiger partial charge in [0.2, 0.25) is 0 Å². The quantitative estimate of drug-likeness (QED) is 0.677. The summed E-state index contributed by atoms with van der Waals surface area (Å²) in [7, 11) is 1.82. The molecule has 0 aliphatic heterocycles. The lowest BCUT2D eigenvalue weighted by atomic mass is 10.1. The molecule has 0 aromatic heterocycles. The molecular formula is C10H13NO. The second-order valence-electron chi connectivity index (χ2n) is 2.91. The van der Waals surface area contributed by atoms with Crippen LogP contribution in [-0.2, 0) is 0 Å². The zero-order chi connectivity index (χ0) is 9.14. The van der Waals surface area contributed by atoms with Crippen LogP contribution in [0.3, 0.4) is 0 Å². The maximum Gasteiger partial charge on any atom is 0.152 e. The molecule has 12 heavy (non-hydrogen) atoms. The lowest BCUT2D eigenvalue weighted by Gasteiger charge is -2.08. The topological polar surface area (TPSA) is 29.1 Å². The van der Waals surface area contributed by atoms with Crippen molar-refractivity contribution in [2.24, 2.45) is 0 Å². The normalized spacial score (nSPS) is 9.58. The third kappa shape index (κ3) is 1.47. The predicted molar refractivity (Wildman–Crippen MR) is 50.9 cm³/mol. The van der Waals surface area contributed by atoms with Crippen LogP contribution in [0.25, 0.3) is 0 Å². The van der Waals surface area contributed by atoms with Crippen molar-refractivity contribution >= 4 is 12.0 Å². The van der Waals surface area contributed by atoms with Crippen molar-refractivity contribution in [1.82, 2.24) is 0 Å². The summed E-state index contributed by atoms with van der Waals surface area (Å²) in [6, 6.07) is 3.94. The molecule has 0 amide bonds. The van der Waals surface area contributed by atoms with Crippen LogP contribution in [0.5, 0.6) is 0 Å². The molecule has 0 aliphatic carbocycles. The minimum atomic E-state index is 0.731. The highest BCUT2D eigenvalue weighted by Crippen LogP contribution is 2.20. The summed E-state index contributed by atoms with van der Waals surface area (Å²) >= 11 is 0. The van der Waals surface area contributed by atoms with Gasteiger partial charge in [-0.1, -0.05) is 11.6 Å². The van der Waals surface area contributed by atoms with Gasteiger partial charge < -0.3 is 5.32 Å². The Labute approximate surface area is 72.6 Å². The summed E-state index contributed by atoms with van der Waals surface area (Å²) in [5, 5.41) is 3.01. The Balaban J connectivity index is 3.33. The van der Waals surface area contributed by atoms with Gasteiger partial charge in [-0.2, -0.15) is 0 Å². The van der Waals surface area contributed by atoms with E-state index in [4.69, 9.17) is 0 Å². The molecule has 0 unspecified atom stereocenters. The van der Waals surface area contributed by atoms with Gasteiger partial charge in [-0.3, -0.25) is 4.79 Å². The highest BCUT2D eigenvalue weighted by Gasteiger charge is 2.03. The SMILES string of the molecule is CNc1c(C)cc(C)cc1C=O. The Kier molecular flexibility index (Phi) is 2.48. The number of carbonyl (C=O) groups excluding carboxylic acids is 1. The molecule has 1 aromatic carbocycles. The van der Waals surface area contributed by atoms with Gasteiger partial charge in [0.1, 0.15) is 0 Å². The van der Waals surface area contributed by atoms with Gasteiger partial charge in [0.15, 0.2) is 6.29 Å². The first-order valence-corrected chi connectivity index (χ1v) is 3.93. The molecule has 1 aromatic rings. The number of aryl methyl sites for hydroxylation is 2. The second-order valence-corrected chi connectivity index (χ2v) is 2.91. The lowest BCUT2D eigenvalue weighted by molar-refractivity contribution is 0.112. The fourth-order valence-electron chi connectivity index (χ4n) is 1.43. The number of anilines is 1. The van der Waals surface area contributed by atoms with E-state index in [9.17, 15) is 4.79 Å². The summed E-state index contributed by atoms with van der Waals surface area (Å²) in [5.74, 6) is 0. The number of hydrogen-bond donors (Lipinski definition) is 1. The number of nitrogens with one attached hydrogen (secondary N) is 1. The molecule has 0 saturated carbocycles. The first kappa shape index (κ1) is 8.78. The maximum absolute atomic E-state index is 10.7. The van der Waals surface area contributed by atoms with Crippen molar-refractivity contribution in [3.63, 3.8) is 0 Å². The molecular weight excluding hydrogens is 150 g/mol. The van der Waals surface area contributed by atoms with Crippen LogP contribution in [0, 0.1) is 13.8 Å². The number of benzene rings is 1. The van der Waals surface area contributed by atoms with E-state index >= 15 is 0 Å². The van der Waals surface area contributed by atoms with Gasteiger partial charge in [-0.15, -0.1) is 0 Å². The molecule has 0 radical (unpaired) electrons. The molecule has 0 aliphatic rings. The number of rotatable bonds is 2. The lowest BCUT2D eigenvalue weighted by Crippen LogP contribution is -1.97. The van der Waals surface area contributed by atoms with Crippen molar-refractivity contribution in [1.29, 1.82) is 0 Å². The van der Waals surface area contributed by atoms with E-state index in [1.165, 1.54) is 0 Å². The van der Waals surface area contributed by atoms with Crippen LogP contribution in [0.4, 0.5) is 5.69 Å². The monoisotopic (exact) mass is 163 g/mol. The van der Waals surface area contributed by atoms with Gasteiger partial charge in [0.25, 0.3) is 0 Å². The van der Waals surface area contributed by atoms with Crippen LogP contribution in [-0.4, -0.2) is 13.3 Å². The largest absolute Gasteiger partial charge is 0.387 e. The highest BCUT2D eigenvalue weighted by molar-refractivity contribution is 5.85. The summed E-state index contributed by atoms with van der Waals surface area (Å²) in [4.78, 5) is 10.7. The smallest absolute Gasteiger partial charge is 0.152 e. The summed E-state index contributed by atoms with van der Waals surface area (Å²) in [6.07, 6.45) is 0.881. The number of carbonyl (C=O) groups is 1. The van der Waals surface area contributed by atoms with Gasteiger partial charge >= 0.3 is 0 Å². The minimum absolute atomic E-state index is 0.731. The van der Waals surface area contributed by atoms with Crippen LogP contribution in [0.2, 0.25) is 0 Å². The average Bonchev–Trinajstić information content (AvgIpc) is 2.03. The summed E-state index contributed by atoms with van der Waals surface area (Å²) in [6.45, 7) is 3.98. The van der Waals surface area contributed by atoms with E-state index in [2.05, 4.69) is 11.4 Å². The van der Waals surface area contributed by atoms with Crippen molar-refractivity contribution < 1.29 is 4.79 Å². The average molecular weight is 163 g/mol. The zero-order valence-electron chi connectivity index (χ0n) is 7.64. The molecule has 64 valence electrons. The van der Waals surface area contributed by atoms with E-state index < -0.39 is 0 Å². The second kappa shape index (κ2) is 3.39. The fourth-order valence-corrected chi connectivity index (χ4v) is 1.43. The first-order valence-electron chi connectivity index (χ1n) is 3.93. The van der Waals surface area contributed by atoms with Crippen molar-refractivity contribution in [2.75, 3.05) is 12.4 Å². The summed E-state index contributed by atoms with van der Waals surface area (Å²) < 4.78 is 0. The van der Waals surface area contributed by atoms with E-state index in [0.29, 0.717) is 0 Å². The molecule has 0 fully saturated rings. The molecule has 0 bridgehead atoms. The molecule has 0 saturated heterocycles. The van der Waals surface area contributed by atoms with E-state index in [1.54, 1.807) is 0 Å². The van der Waals surface area contributed by atoms with E-state index in [1.807, 2.05) is 27.0 Å². The Morgan fingerprint density at radius 3 is 2.50 bits per heavy atom. The molecule has 2 heteroatoms. The van der Waals surface area contributed by atoms with Gasteiger partial charge in [-0.05, 0) is 25.5 Å². The third-order valence-corrected chi connectivity index (χ3v) is 1.89. The van der Waals surface area contributed by atoms with Crippen LogP contribution in [0.15, 0.2) is 12.1 Å². The fraction of sp³-hybridized carbons (Fsp3) is 0.300. The van der Waals surface area contributed by atoms with E-state index in [-0.39, 0.29) is 0 Å². The Morgan fingerprint density at radius 2 is 2.00 bits per heavy atom. The molecule has 0 spiro atoms. The summed E-state index contributed by atoms with van der Waals surface area (Å²) in [5.41, 5.74) is 3.89. The highest BCUT2D eigenvalue weighted by atomic mass is 16.1. The van der Waals surface area contributed by atoms with Crippen LogP contribution >= 0.6 is 0 Å². The molecule has 0 atom stereocenters. The van der Waals surface area contributed by atoms with E-state index in [0.717, 1.165) is 28.7 Å². The van der Waals surface area contributed by atoms with Crippen LogP contribution < -0.4 is 5.32 Å². The third-order valence-electron chi connectivity index (χ3n) is 1.89. The van der Waals surface area contributed by atoms with Gasteiger partial charge in [0.05, 0.1) is 0 Å². The predicted octanol–water partition coefficient (Wildman–Crippen LogP) is 2.16. The molecule has 1 rings (SSSR count). The standard InChI is InChI=1S/C10H13NO/c1-7-4-8(2)10(11-3)9(5-7)6-12/h4-6,11H,1-3H3. The zero-order valence-corrected chi connectivity index (χ0v) is 7.64. The molecule has 2 nitrogen and oxygen atoms in total. The van der Waals surface area contributed by atoms with Crippen LogP contribution in [0.1, 0.15) is 21.5 Å². The first-order chi connectivity index (χ1) is 5.69. The van der Waals surface area contributed by atoms with Crippen molar-refractivity contribution in [3.8, 4) is 0 Å². The van der Waals surface area contributed by atoms with Crippen molar-refractivity contribution in [3.05, 3.63) is 28.8 Å². The number of hydrogen-bond acceptors (Lipinski definition) is 2. The Morgan fingerprint density at radius 1 is 1.33 bits per heavy atom. The number of aldehydes is 1. The van der Waals surface area contributed by atoms with Gasteiger partial charge in [0, 0.05) is 18.3 Å². The minimum Gasteiger partial charge on any atom is -0.387 e. The molecule has 0 heterocycles. The van der Waals surface area contributed by atoms with Gasteiger partial charge in [-0.25, -0.2) is 0 Å². The maximum atomic E-state index is 10.7. The van der Waals surface area contributed by atoms with Crippen molar-refractivity contribution in [2.45, 2.75) is 13.8 Å². The Bertz CT molecular complexity index is 305. The molecule has 1 N–H and O–H groups in total.